The van der Waals surface area contributed by atoms with Gasteiger partial charge in [-0.05, 0) is 23.8 Å². The van der Waals surface area contributed by atoms with Gasteiger partial charge in [0.1, 0.15) is 6.61 Å². The highest BCUT2D eigenvalue weighted by Crippen LogP contribution is 2.31. The van der Waals surface area contributed by atoms with Gasteiger partial charge in [-0.1, -0.05) is 42.2 Å². The number of hydrogen-bond donors (Lipinski definition) is 1. The Hall–Kier alpha value is -3.27. The molecule has 0 aliphatic rings. The van der Waals surface area contributed by atoms with Crippen molar-refractivity contribution in [1.29, 1.82) is 0 Å². The molecule has 7 heteroatoms. The number of nitrogens with one attached hydrogen (secondary N) is 1. The number of rotatable bonds is 4. The van der Waals surface area contributed by atoms with E-state index in [0.717, 1.165) is 17.7 Å². The minimum atomic E-state index is -4.65. The summed E-state index contributed by atoms with van der Waals surface area (Å²) in [6, 6.07) is 12.2. The van der Waals surface area contributed by atoms with Gasteiger partial charge in [0.25, 0.3) is 0 Å². The highest BCUT2D eigenvalue weighted by Gasteiger charge is 2.33. The molecule has 0 bridgehead atoms. The molecule has 4 nitrogen and oxygen atoms in total. The lowest BCUT2D eigenvalue weighted by Gasteiger charge is -2.09. The van der Waals surface area contributed by atoms with E-state index in [9.17, 15) is 22.8 Å². The van der Waals surface area contributed by atoms with E-state index in [0.29, 0.717) is 0 Å². The van der Waals surface area contributed by atoms with Crippen LogP contribution in [0.2, 0.25) is 0 Å². The summed E-state index contributed by atoms with van der Waals surface area (Å²) in [4.78, 5) is 22.2. The van der Waals surface area contributed by atoms with Crippen LogP contribution in [0.3, 0.4) is 0 Å². The lowest BCUT2D eigenvalue weighted by Crippen LogP contribution is -2.24. The van der Waals surface area contributed by atoms with E-state index in [2.05, 4.69) is 17.2 Å². The molecule has 1 N–H and O–H groups in total. The molecule has 0 spiro atoms. The average Bonchev–Trinajstić information content (AvgIpc) is 2.63. The molecule has 1 amide bonds. The smallest absolute Gasteiger partial charge is 0.417 e. The van der Waals surface area contributed by atoms with E-state index >= 15 is 0 Å². The van der Waals surface area contributed by atoms with Crippen molar-refractivity contribution in [3.8, 4) is 11.8 Å². The number of alkyl carbamates (subject to hydrolysis) is 1. The number of carbonyl (C=O) groups is 2. The SMILES string of the molecule is O=Cc1ccc(C#CCNC(=O)OCc2ccccc2)cc1C(F)(F)F. The van der Waals surface area contributed by atoms with Crippen LogP contribution in [0.25, 0.3) is 0 Å². The molecule has 0 radical (unpaired) electrons. The van der Waals surface area contributed by atoms with E-state index in [1.807, 2.05) is 18.2 Å². The molecule has 0 aromatic heterocycles. The second-order valence-electron chi connectivity index (χ2n) is 5.13. The standard InChI is InChI=1S/C19H14F3NO3/c20-19(21,22)17-11-14(8-9-16(17)12-24)7-4-10-23-18(25)26-13-15-5-2-1-3-6-15/h1-3,5-6,8-9,11-12H,10,13H2,(H,23,25). The first-order valence-corrected chi connectivity index (χ1v) is 7.50. The van der Waals surface area contributed by atoms with Crippen LogP contribution in [0.15, 0.2) is 48.5 Å². The van der Waals surface area contributed by atoms with Crippen molar-refractivity contribution < 1.29 is 27.5 Å². The third kappa shape index (κ3) is 5.67. The van der Waals surface area contributed by atoms with Crippen LogP contribution in [-0.4, -0.2) is 18.9 Å². The van der Waals surface area contributed by atoms with E-state index in [-0.39, 0.29) is 25.0 Å². The van der Waals surface area contributed by atoms with E-state index < -0.39 is 23.4 Å². The monoisotopic (exact) mass is 361 g/mol. The number of halogens is 3. The zero-order valence-corrected chi connectivity index (χ0v) is 13.5. The predicted octanol–water partition coefficient (Wildman–Crippen LogP) is 3.80. The molecule has 2 aromatic carbocycles. The van der Waals surface area contributed by atoms with Crippen molar-refractivity contribution in [3.05, 3.63) is 70.8 Å². The van der Waals surface area contributed by atoms with Gasteiger partial charge < -0.3 is 10.1 Å². The van der Waals surface area contributed by atoms with Gasteiger partial charge >= 0.3 is 12.3 Å². The van der Waals surface area contributed by atoms with Crippen LogP contribution in [0, 0.1) is 11.8 Å². The van der Waals surface area contributed by atoms with Gasteiger partial charge in [0.05, 0.1) is 12.1 Å². The maximum atomic E-state index is 12.9. The summed E-state index contributed by atoms with van der Waals surface area (Å²) in [6.45, 7) is 0.00656. The second-order valence-corrected chi connectivity index (χ2v) is 5.13. The normalized spacial score (nSPS) is 10.4. The Morgan fingerprint density at radius 1 is 1.15 bits per heavy atom. The molecule has 26 heavy (non-hydrogen) atoms. The minimum Gasteiger partial charge on any atom is -0.445 e. The first-order chi connectivity index (χ1) is 12.4. The molecule has 0 unspecified atom stereocenters. The van der Waals surface area contributed by atoms with E-state index in [1.54, 1.807) is 12.1 Å². The van der Waals surface area contributed by atoms with Crippen LogP contribution in [-0.2, 0) is 17.5 Å². The van der Waals surface area contributed by atoms with Crippen LogP contribution in [0.1, 0.15) is 27.0 Å². The first-order valence-electron chi connectivity index (χ1n) is 7.50. The molecule has 0 aliphatic heterocycles. The van der Waals surface area contributed by atoms with Gasteiger partial charge in [0.2, 0.25) is 0 Å². The molecule has 134 valence electrons. The van der Waals surface area contributed by atoms with Crippen LogP contribution in [0.4, 0.5) is 18.0 Å². The molecule has 0 fully saturated rings. The summed E-state index contributed by atoms with van der Waals surface area (Å²) >= 11 is 0. The lowest BCUT2D eigenvalue weighted by molar-refractivity contribution is -0.137. The topological polar surface area (TPSA) is 55.4 Å². The molecular weight excluding hydrogens is 347 g/mol. The van der Waals surface area contributed by atoms with Crippen molar-refractivity contribution in [1.82, 2.24) is 5.32 Å². The van der Waals surface area contributed by atoms with Crippen molar-refractivity contribution >= 4 is 12.4 Å². The van der Waals surface area contributed by atoms with Gasteiger partial charge in [-0.25, -0.2) is 4.79 Å². The molecule has 0 saturated carbocycles. The van der Waals surface area contributed by atoms with Crippen LogP contribution < -0.4 is 5.32 Å². The molecule has 2 rings (SSSR count). The molecule has 0 atom stereocenters. The second kappa shape index (κ2) is 8.72. The first kappa shape index (κ1) is 19.1. The van der Waals surface area contributed by atoms with E-state index in [1.165, 1.54) is 6.07 Å². The van der Waals surface area contributed by atoms with Crippen molar-refractivity contribution in [3.63, 3.8) is 0 Å². The van der Waals surface area contributed by atoms with Crippen molar-refractivity contribution in [2.75, 3.05) is 6.54 Å². The Kier molecular flexibility index (Phi) is 6.39. The van der Waals surface area contributed by atoms with Crippen molar-refractivity contribution in [2.45, 2.75) is 12.8 Å². The quantitative estimate of drug-likeness (QED) is 0.666. The maximum absolute atomic E-state index is 12.9. The molecule has 0 aliphatic carbocycles. The number of alkyl halides is 3. The van der Waals surface area contributed by atoms with Crippen LogP contribution >= 0.6 is 0 Å². The third-order valence-corrected chi connectivity index (χ3v) is 3.25. The average molecular weight is 361 g/mol. The molecule has 2 aromatic rings. The summed E-state index contributed by atoms with van der Waals surface area (Å²) < 4.78 is 43.5. The Labute approximate surface area is 148 Å². The zero-order valence-electron chi connectivity index (χ0n) is 13.5. The van der Waals surface area contributed by atoms with Crippen LogP contribution in [0.5, 0.6) is 0 Å². The third-order valence-electron chi connectivity index (χ3n) is 3.25. The predicted molar refractivity (Wildman–Crippen MR) is 88.3 cm³/mol. The Balaban J connectivity index is 1.89. The molecule has 0 heterocycles. The zero-order chi connectivity index (χ0) is 19.0. The number of ether oxygens (including phenoxy) is 1. The summed E-state index contributed by atoms with van der Waals surface area (Å²) in [6.07, 6.45) is -5.19. The minimum absolute atomic E-state index is 0.0855. The van der Waals surface area contributed by atoms with Gasteiger partial charge in [-0.15, -0.1) is 0 Å². The number of benzene rings is 2. The number of aldehydes is 1. The van der Waals surface area contributed by atoms with Gasteiger partial charge in [-0.3, -0.25) is 4.79 Å². The lowest BCUT2D eigenvalue weighted by atomic mass is 10.0. The van der Waals surface area contributed by atoms with Gasteiger partial charge in [0, 0.05) is 11.1 Å². The summed E-state index contributed by atoms with van der Waals surface area (Å²) in [5, 5.41) is 2.38. The van der Waals surface area contributed by atoms with Crippen molar-refractivity contribution in [2.24, 2.45) is 0 Å². The largest absolute Gasteiger partial charge is 0.445 e. The van der Waals surface area contributed by atoms with Gasteiger partial charge in [0.15, 0.2) is 6.29 Å². The summed E-state index contributed by atoms with van der Waals surface area (Å²) in [7, 11) is 0. The Morgan fingerprint density at radius 2 is 1.88 bits per heavy atom. The number of carbonyl (C=O) groups excluding carboxylic acids is 2. The molecular formula is C19H14F3NO3. The highest BCUT2D eigenvalue weighted by atomic mass is 19.4. The van der Waals surface area contributed by atoms with E-state index in [4.69, 9.17) is 4.74 Å². The number of hydrogen-bond acceptors (Lipinski definition) is 3. The fourth-order valence-corrected chi connectivity index (χ4v) is 2.02. The Morgan fingerprint density at radius 3 is 2.54 bits per heavy atom. The summed E-state index contributed by atoms with van der Waals surface area (Å²) in [5.41, 5.74) is -0.591. The molecule has 0 saturated heterocycles. The highest BCUT2D eigenvalue weighted by molar-refractivity contribution is 5.78. The maximum Gasteiger partial charge on any atom is 0.417 e. The fraction of sp³-hybridized carbons (Fsp3) is 0.158. The number of amides is 1. The van der Waals surface area contributed by atoms with Gasteiger partial charge in [-0.2, -0.15) is 13.2 Å². The fourth-order valence-electron chi connectivity index (χ4n) is 2.02. The summed E-state index contributed by atoms with van der Waals surface area (Å²) in [5.74, 6) is 5.03. The Bertz CT molecular complexity index is 837.